The van der Waals surface area contributed by atoms with Crippen molar-refractivity contribution in [3.05, 3.63) is 89.6 Å². The van der Waals surface area contributed by atoms with Crippen LogP contribution in [0.15, 0.2) is 72.8 Å². The van der Waals surface area contributed by atoms with Crippen LogP contribution < -0.4 is 7.58 Å². The van der Waals surface area contributed by atoms with Gasteiger partial charge in [-0.05, 0) is 60.5 Å². The molecule has 1 aromatic heterocycles. The van der Waals surface area contributed by atoms with Crippen molar-refractivity contribution in [2.24, 2.45) is 0 Å². The van der Waals surface area contributed by atoms with Crippen LogP contribution in [0, 0.1) is 18.3 Å². The molecule has 0 amide bonds. The van der Waals surface area contributed by atoms with Crippen molar-refractivity contribution in [1.82, 2.24) is 4.98 Å². The highest BCUT2D eigenvalue weighted by Gasteiger charge is 2.33. The summed E-state index contributed by atoms with van der Waals surface area (Å²) in [5, 5.41) is 8.88. The lowest BCUT2D eigenvalue weighted by molar-refractivity contribution is -0.136. The molecule has 0 N–H and O–H groups in total. The van der Waals surface area contributed by atoms with E-state index in [-0.39, 0.29) is 16.7 Å². The van der Waals surface area contributed by atoms with E-state index in [0.29, 0.717) is 17.0 Å². The SMILES string of the molecule is Cc1ccc2c(C(F)(F)F)ccc([O][Al][O]c3ccc(-c4ccc(C#N)cc4)cc3)c2n1. The van der Waals surface area contributed by atoms with E-state index >= 15 is 0 Å². The lowest BCUT2D eigenvalue weighted by atomic mass is 10.0. The Bertz CT molecular complexity index is 1300. The Morgan fingerprint density at radius 1 is 0.844 bits per heavy atom. The molecule has 0 bridgehead atoms. The maximum absolute atomic E-state index is 13.3. The third-order valence-electron chi connectivity index (χ3n) is 4.83. The van der Waals surface area contributed by atoms with Crippen molar-refractivity contribution in [1.29, 1.82) is 5.26 Å². The van der Waals surface area contributed by atoms with Crippen molar-refractivity contribution in [2.75, 3.05) is 0 Å². The largest absolute Gasteiger partial charge is 0.881 e. The second-order valence-electron chi connectivity index (χ2n) is 7.00. The molecule has 8 heteroatoms. The molecule has 157 valence electrons. The Balaban J connectivity index is 1.47. The van der Waals surface area contributed by atoms with E-state index in [9.17, 15) is 13.2 Å². The summed E-state index contributed by atoms with van der Waals surface area (Å²) >= 11 is -1.02. The highest BCUT2D eigenvalue weighted by molar-refractivity contribution is 6.21. The summed E-state index contributed by atoms with van der Waals surface area (Å²) in [7, 11) is 0. The fourth-order valence-electron chi connectivity index (χ4n) is 3.23. The standard InChI is InChI=1S/C13H9NO.C11H8F3NO.Al/c14-9-10-1-3-11(4-2-10)12-5-7-13(15)8-6-12;1-6-2-3-7-8(11(12,13)14)4-5-9(16)10(7)15-6;/h1-8,15H;2-5,16H,1H3;/q;;+2/p-2. The number of hydrogen-bond donors (Lipinski definition) is 0. The first-order valence-electron chi connectivity index (χ1n) is 9.58. The minimum Gasteiger partial charge on any atom is -0.616 e. The summed E-state index contributed by atoms with van der Waals surface area (Å²) < 4.78 is 51.3. The predicted molar refractivity (Wildman–Crippen MR) is 115 cm³/mol. The number of fused-ring (bicyclic) bond motifs is 1. The van der Waals surface area contributed by atoms with E-state index in [1.54, 1.807) is 37.3 Å². The average molecular weight is 447 g/mol. The molecule has 0 atom stereocenters. The van der Waals surface area contributed by atoms with E-state index in [0.717, 1.165) is 17.2 Å². The van der Waals surface area contributed by atoms with Gasteiger partial charge in [0.25, 0.3) is 0 Å². The van der Waals surface area contributed by atoms with Gasteiger partial charge in [-0.1, -0.05) is 30.3 Å². The van der Waals surface area contributed by atoms with E-state index in [4.69, 9.17) is 12.8 Å². The minimum atomic E-state index is -4.48. The van der Waals surface area contributed by atoms with Crippen LogP contribution in [0.1, 0.15) is 16.8 Å². The molecule has 1 radical (unpaired) electrons. The number of nitriles is 1. The van der Waals surface area contributed by atoms with Gasteiger partial charge in [0.05, 0.1) is 22.9 Å². The number of halogens is 3. The van der Waals surface area contributed by atoms with E-state index in [1.807, 2.05) is 24.3 Å². The predicted octanol–water partition coefficient (Wildman–Crippen LogP) is 6.09. The molecule has 4 nitrogen and oxygen atoms in total. The smallest absolute Gasteiger partial charge is 0.616 e. The number of benzene rings is 3. The zero-order valence-electron chi connectivity index (χ0n) is 16.9. The average Bonchev–Trinajstić information content (AvgIpc) is 2.79. The number of alkyl halides is 3. The molecule has 4 rings (SSSR count). The van der Waals surface area contributed by atoms with Crippen molar-refractivity contribution in [3.63, 3.8) is 0 Å². The molecule has 0 saturated carbocycles. The Kier molecular flexibility index (Phi) is 6.05. The van der Waals surface area contributed by atoms with Gasteiger partial charge >= 0.3 is 22.1 Å². The molecule has 0 aliphatic rings. The van der Waals surface area contributed by atoms with Crippen molar-refractivity contribution >= 4 is 26.8 Å². The first-order valence-corrected chi connectivity index (χ1v) is 10.5. The highest BCUT2D eigenvalue weighted by Crippen LogP contribution is 2.37. The molecule has 1 heterocycles. The fourth-order valence-corrected chi connectivity index (χ4v) is 3.84. The van der Waals surface area contributed by atoms with Crippen molar-refractivity contribution in [2.45, 2.75) is 13.1 Å². The lowest BCUT2D eigenvalue weighted by Gasteiger charge is -2.15. The number of aromatic nitrogens is 1. The second kappa shape index (κ2) is 8.92. The molecule has 0 aliphatic heterocycles. The fraction of sp³-hybridized carbons (Fsp3) is 0.0833. The van der Waals surface area contributed by atoms with Gasteiger partial charge in [0, 0.05) is 11.1 Å². The minimum absolute atomic E-state index is 0.00762. The number of pyridine rings is 1. The van der Waals surface area contributed by atoms with Crippen LogP contribution in [0.4, 0.5) is 13.2 Å². The van der Waals surface area contributed by atoms with Crippen LogP contribution in [0.3, 0.4) is 0 Å². The van der Waals surface area contributed by atoms with Crippen LogP contribution in [0.5, 0.6) is 11.5 Å². The van der Waals surface area contributed by atoms with Gasteiger partial charge in [-0.15, -0.1) is 0 Å². The molecular weight excluding hydrogens is 432 g/mol. The summed E-state index contributed by atoms with van der Waals surface area (Å²) in [6, 6.07) is 21.9. The summed E-state index contributed by atoms with van der Waals surface area (Å²) in [6.07, 6.45) is -4.48. The van der Waals surface area contributed by atoms with Crippen LogP contribution in [0.25, 0.3) is 22.0 Å². The molecule has 0 aliphatic carbocycles. The maximum Gasteiger partial charge on any atom is 0.881 e. The van der Waals surface area contributed by atoms with Gasteiger partial charge in [0.1, 0.15) is 11.3 Å². The van der Waals surface area contributed by atoms with E-state index in [1.165, 1.54) is 12.1 Å². The number of aryl methyl sites for hydroxylation is 1. The molecule has 0 spiro atoms. The van der Waals surface area contributed by atoms with Gasteiger partial charge in [-0.3, -0.25) is 0 Å². The molecular formula is C24H15AlF3N2O2. The molecule has 0 unspecified atom stereocenters. The number of nitrogens with zero attached hydrogens (tertiary/aromatic N) is 2. The molecule has 0 saturated heterocycles. The molecule has 3 aromatic carbocycles. The van der Waals surface area contributed by atoms with Crippen LogP contribution in [-0.4, -0.2) is 20.9 Å². The third-order valence-corrected chi connectivity index (χ3v) is 5.54. The topological polar surface area (TPSA) is 55.1 Å². The van der Waals surface area contributed by atoms with E-state index in [2.05, 4.69) is 11.1 Å². The highest BCUT2D eigenvalue weighted by atomic mass is 27.2. The van der Waals surface area contributed by atoms with Gasteiger partial charge in [-0.2, -0.15) is 18.4 Å². The zero-order chi connectivity index (χ0) is 22.7. The van der Waals surface area contributed by atoms with Crippen LogP contribution >= 0.6 is 0 Å². The van der Waals surface area contributed by atoms with Crippen molar-refractivity contribution in [3.8, 4) is 28.7 Å². The monoisotopic (exact) mass is 447 g/mol. The quantitative estimate of drug-likeness (QED) is 0.347. The Labute approximate surface area is 189 Å². The summed E-state index contributed by atoms with van der Waals surface area (Å²) in [4.78, 5) is 4.25. The summed E-state index contributed by atoms with van der Waals surface area (Å²) in [6.45, 7) is 1.71. The first-order chi connectivity index (χ1) is 15.3. The Hall–Kier alpha value is -3.52. The Morgan fingerprint density at radius 2 is 1.50 bits per heavy atom. The lowest BCUT2D eigenvalue weighted by Crippen LogP contribution is -2.12. The Morgan fingerprint density at radius 3 is 2.12 bits per heavy atom. The molecule has 32 heavy (non-hydrogen) atoms. The van der Waals surface area contributed by atoms with Crippen LogP contribution in [0.2, 0.25) is 0 Å². The normalized spacial score (nSPS) is 11.1. The van der Waals surface area contributed by atoms with Gasteiger partial charge < -0.3 is 7.58 Å². The maximum atomic E-state index is 13.3. The number of hydrogen-bond acceptors (Lipinski definition) is 4. The summed E-state index contributed by atoms with van der Waals surface area (Å²) in [5.41, 5.74) is 2.53. The van der Waals surface area contributed by atoms with E-state index < -0.39 is 27.6 Å². The third kappa shape index (κ3) is 4.70. The van der Waals surface area contributed by atoms with Gasteiger partial charge in [0.15, 0.2) is 0 Å². The molecule has 0 fully saturated rings. The van der Waals surface area contributed by atoms with Gasteiger partial charge in [0.2, 0.25) is 0 Å². The second-order valence-corrected chi connectivity index (χ2v) is 7.67. The zero-order valence-corrected chi connectivity index (χ0v) is 18.0. The van der Waals surface area contributed by atoms with Gasteiger partial charge in [-0.25, -0.2) is 4.98 Å². The molecule has 4 aromatic rings. The van der Waals surface area contributed by atoms with Crippen molar-refractivity contribution < 1.29 is 20.7 Å². The number of rotatable bonds is 5. The van der Waals surface area contributed by atoms with Crippen LogP contribution in [-0.2, 0) is 6.18 Å². The summed E-state index contributed by atoms with van der Waals surface area (Å²) in [5.74, 6) is 0.832. The first kappa shape index (κ1) is 21.7.